The third-order valence-corrected chi connectivity index (χ3v) is 8.70. The molecule has 4 nitrogen and oxygen atoms in total. The van der Waals surface area contributed by atoms with Crippen molar-refractivity contribution in [3.63, 3.8) is 0 Å². The van der Waals surface area contributed by atoms with Gasteiger partial charge >= 0.3 is 12.1 Å². The smallest absolute Gasteiger partial charge is 0.416 e. The summed E-state index contributed by atoms with van der Waals surface area (Å²) in [5.41, 5.74) is 2.62. The van der Waals surface area contributed by atoms with Gasteiger partial charge < -0.3 is 9.94 Å². The van der Waals surface area contributed by atoms with Crippen molar-refractivity contribution in [2.75, 3.05) is 6.61 Å². The molecule has 1 N–H and O–H groups in total. The van der Waals surface area contributed by atoms with E-state index in [1.54, 1.807) is 6.07 Å². The zero-order valence-corrected chi connectivity index (χ0v) is 22.5. The van der Waals surface area contributed by atoms with Crippen LogP contribution < -0.4 is 0 Å². The first kappa shape index (κ1) is 27.9. The van der Waals surface area contributed by atoms with Crippen LogP contribution in [0.25, 0.3) is 0 Å². The summed E-state index contributed by atoms with van der Waals surface area (Å²) in [6, 6.07) is 9.35. The fraction of sp³-hybridized carbons (Fsp3) is 0.484. The number of hydrogen-bond acceptors (Lipinski definition) is 3. The van der Waals surface area contributed by atoms with Crippen molar-refractivity contribution in [3.05, 3.63) is 82.4 Å². The number of carboxylic acid groups (broad SMARTS) is 1. The Morgan fingerprint density at radius 3 is 2.61 bits per heavy atom. The van der Waals surface area contributed by atoms with Crippen molar-refractivity contribution in [3.8, 4) is 0 Å². The molecule has 38 heavy (non-hydrogen) atoms. The second-order valence-electron chi connectivity index (χ2n) is 11.4. The third-order valence-electron chi connectivity index (χ3n) is 8.70. The van der Waals surface area contributed by atoms with E-state index in [0.29, 0.717) is 23.3 Å². The molecular weight excluding hydrogens is 491 g/mol. The van der Waals surface area contributed by atoms with Gasteiger partial charge in [-0.05, 0) is 84.7 Å². The standard InChI is InChI=1S/C31H36F3NO3/c1-6-15-38-35-27(21-9-7-10-22(16-21)31(32,33)34)24-18-25-20(17-23(24)19(2)3)11-12-26-29(25,4)13-8-14-30(26,5)28(36)37/h6-7,9-10,16-19,26H,1,8,11-15H2,2-5H3,(H,36,37)/t26-,29-,30-/m1/s1. The van der Waals surface area contributed by atoms with Crippen LogP contribution in [0.1, 0.15) is 92.7 Å². The fourth-order valence-corrected chi connectivity index (χ4v) is 6.73. The zero-order valence-electron chi connectivity index (χ0n) is 22.5. The van der Waals surface area contributed by atoms with Gasteiger partial charge in [-0.25, -0.2) is 0 Å². The van der Waals surface area contributed by atoms with Gasteiger partial charge in [0.1, 0.15) is 12.3 Å². The van der Waals surface area contributed by atoms with Crippen LogP contribution in [0.5, 0.6) is 0 Å². The highest BCUT2D eigenvalue weighted by Gasteiger charge is 2.55. The highest BCUT2D eigenvalue weighted by molar-refractivity contribution is 6.14. The molecule has 0 spiro atoms. The van der Waals surface area contributed by atoms with Gasteiger partial charge in [-0.15, -0.1) is 0 Å². The monoisotopic (exact) mass is 527 g/mol. The molecule has 0 bridgehead atoms. The van der Waals surface area contributed by atoms with Gasteiger partial charge in [-0.2, -0.15) is 13.2 Å². The molecule has 7 heteroatoms. The Hall–Kier alpha value is -3.09. The van der Waals surface area contributed by atoms with E-state index in [0.717, 1.165) is 48.9 Å². The number of carbonyl (C=O) groups is 1. The average Bonchev–Trinajstić information content (AvgIpc) is 2.85. The summed E-state index contributed by atoms with van der Waals surface area (Å²) in [6.45, 7) is 11.9. The summed E-state index contributed by atoms with van der Waals surface area (Å²) in [6.07, 6.45) is 0.890. The Morgan fingerprint density at radius 1 is 1.24 bits per heavy atom. The van der Waals surface area contributed by atoms with Crippen molar-refractivity contribution >= 4 is 11.7 Å². The maximum atomic E-state index is 13.6. The summed E-state index contributed by atoms with van der Waals surface area (Å²) in [5.74, 6) is -0.732. The van der Waals surface area contributed by atoms with E-state index in [-0.39, 0.29) is 23.9 Å². The van der Waals surface area contributed by atoms with Gasteiger partial charge in [0, 0.05) is 11.1 Å². The largest absolute Gasteiger partial charge is 0.481 e. The SMILES string of the molecule is C=CCON=C(c1cccc(C(F)(F)F)c1)c1cc2c(cc1C(C)C)CC[C@H]1[C@](C)(C(=O)O)CCC[C@]21C. The van der Waals surface area contributed by atoms with Crippen molar-refractivity contribution in [1.82, 2.24) is 0 Å². The minimum Gasteiger partial charge on any atom is -0.481 e. The number of oxime groups is 1. The highest BCUT2D eigenvalue weighted by Crippen LogP contribution is 2.57. The highest BCUT2D eigenvalue weighted by atomic mass is 19.4. The lowest BCUT2D eigenvalue weighted by atomic mass is 9.49. The van der Waals surface area contributed by atoms with Crippen molar-refractivity contribution in [1.29, 1.82) is 0 Å². The van der Waals surface area contributed by atoms with Crippen LogP contribution in [0.4, 0.5) is 13.2 Å². The molecule has 2 aliphatic rings. The number of hydrogen-bond donors (Lipinski definition) is 1. The Labute approximate surface area is 222 Å². The lowest BCUT2D eigenvalue weighted by Gasteiger charge is -2.53. The number of fused-ring (bicyclic) bond motifs is 3. The summed E-state index contributed by atoms with van der Waals surface area (Å²) < 4.78 is 40.8. The molecule has 204 valence electrons. The van der Waals surface area contributed by atoms with Crippen molar-refractivity contribution < 1.29 is 27.9 Å². The summed E-state index contributed by atoms with van der Waals surface area (Å²) >= 11 is 0. The maximum absolute atomic E-state index is 13.6. The molecule has 3 atom stereocenters. The van der Waals surface area contributed by atoms with E-state index < -0.39 is 23.1 Å². The molecule has 2 aromatic carbocycles. The second kappa shape index (κ2) is 10.2. The molecule has 0 saturated heterocycles. The Bertz CT molecular complexity index is 1270. The third kappa shape index (κ3) is 4.87. The van der Waals surface area contributed by atoms with Crippen LogP contribution in [0, 0.1) is 11.3 Å². The van der Waals surface area contributed by atoms with E-state index >= 15 is 0 Å². The van der Waals surface area contributed by atoms with E-state index in [2.05, 4.69) is 44.6 Å². The zero-order chi connectivity index (χ0) is 27.9. The number of rotatable bonds is 7. The summed E-state index contributed by atoms with van der Waals surface area (Å²) in [7, 11) is 0. The number of nitrogens with zero attached hydrogens (tertiary/aromatic N) is 1. The van der Waals surface area contributed by atoms with E-state index in [1.165, 1.54) is 17.7 Å². The molecule has 2 aromatic rings. The van der Waals surface area contributed by atoms with Crippen molar-refractivity contribution in [2.45, 2.75) is 77.3 Å². The predicted molar refractivity (Wildman–Crippen MR) is 143 cm³/mol. The summed E-state index contributed by atoms with van der Waals surface area (Å²) in [4.78, 5) is 17.9. The predicted octanol–water partition coefficient (Wildman–Crippen LogP) is 7.88. The van der Waals surface area contributed by atoms with Gasteiger partial charge in [-0.3, -0.25) is 4.79 Å². The molecule has 1 fully saturated rings. The number of benzene rings is 2. The van der Waals surface area contributed by atoms with Crippen LogP contribution in [0.3, 0.4) is 0 Å². The topological polar surface area (TPSA) is 58.9 Å². The molecule has 0 unspecified atom stereocenters. The molecule has 0 amide bonds. The first-order valence-corrected chi connectivity index (χ1v) is 13.2. The molecule has 0 radical (unpaired) electrons. The fourth-order valence-electron chi connectivity index (χ4n) is 6.73. The lowest BCUT2D eigenvalue weighted by Crippen LogP contribution is -2.52. The van der Waals surface area contributed by atoms with Crippen LogP contribution in [0.2, 0.25) is 0 Å². The molecule has 0 aromatic heterocycles. The minimum atomic E-state index is -4.50. The number of aryl methyl sites for hydroxylation is 1. The van der Waals surface area contributed by atoms with Crippen LogP contribution >= 0.6 is 0 Å². The van der Waals surface area contributed by atoms with E-state index in [1.807, 2.05) is 6.92 Å². The normalized spacial score (nSPS) is 25.5. The number of halogens is 3. The van der Waals surface area contributed by atoms with Gasteiger partial charge in [-0.1, -0.05) is 63.2 Å². The molecule has 1 saturated carbocycles. The molecule has 0 aliphatic heterocycles. The second-order valence-corrected chi connectivity index (χ2v) is 11.4. The van der Waals surface area contributed by atoms with Crippen LogP contribution in [-0.4, -0.2) is 23.4 Å². The molecule has 2 aliphatic carbocycles. The van der Waals surface area contributed by atoms with Gasteiger partial charge in [0.25, 0.3) is 0 Å². The van der Waals surface area contributed by atoms with Crippen molar-refractivity contribution in [2.24, 2.45) is 16.5 Å². The van der Waals surface area contributed by atoms with E-state index in [4.69, 9.17) is 4.84 Å². The molecule has 4 rings (SSSR count). The van der Waals surface area contributed by atoms with Gasteiger partial charge in [0.05, 0.1) is 11.0 Å². The Balaban J connectivity index is 1.94. The first-order chi connectivity index (χ1) is 17.8. The molecule has 0 heterocycles. The number of alkyl halides is 3. The average molecular weight is 528 g/mol. The maximum Gasteiger partial charge on any atom is 0.416 e. The van der Waals surface area contributed by atoms with Crippen LogP contribution in [0.15, 0.2) is 54.2 Å². The minimum absolute atomic E-state index is 0.0440. The first-order valence-electron chi connectivity index (χ1n) is 13.2. The lowest BCUT2D eigenvalue weighted by molar-refractivity contribution is -0.157. The van der Waals surface area contributed by atoms with Crippen LogP contribution in [-0.2, 0) is 27.6 Å². The number of aliphatic carboxylic acids is 1. The molecular formula is C31H36F3NO3. The van der Waals surface area contributed by atoms with Gasteiger partial charge in [0.15, 0.2) is 0 Å². The summed E-state index contributed by atoms with van der Waals surface area (Å²) in [5, 5.41) is 14.5. The number of carboxylic acids is 1. The van der Waals surface area contributed by atoms with E-state index in [9.17, 15) is 23.1 Å². The van der Waals surface area contributed by atoms with Gasteiger partial charge in [0.2, 0.25) is 0 Å². The Morgan fingerprint density at radius 2 is 1.97 bits per heavy atom. The Kier molecular flexibility index (Phi) is 7.52. The quantitative estimate of drug-likeness (QED) is 0.172.